The maximum Gasteiger partial charge on any atom is 0.220 e. The number of methoxy groups -OCH3 is 1. The molecule has 0 fully saturated rings. The third-order valence-electron chi connectivity index (χ3n) is 3.96. The average molecular weight is 390 g/mol. The van der Waals surface area contributed by atoms with Crippen molar-refractivity contribution in [3.63, 3.8) is 0 Å². The van der Waals surface area contributed by atoms with Crippen LogP contribution in [0.4, 0.5) is 0 Å². The van der Waals surface area contributed by atoms with Crippen molar-refractivity contribution in [2.24, 2.45) is 0 Å². The van der Waals surface area contributed by atoms with E-state index < -0.39 is 0 Å². The van der Waals surface area contributed by atoms with E-state index in [9.17, 15) is 4.79 Å². The molecule has 1 unspecified atom stereocenters. The maximum absolute atomic E-state index is 12.1. The molecule has 24 heavy (non-hydrogen) atoms. The number of ether oxygens (including phenoxy) is 1. The third-order valence-corrected chi connectivity index (χ3v) is 4.49. The summed E-state index contributed by atoms with van der Waals surface area (Å²) in [4.78, 5) is 12.1. The fraction of sp³-hybridized carbons (Fsp3) is 0.350. The Morgan fingerprint density at radius 2 is 1.88 bits per heavy atom. The first-order valence-corrected chi connectivity index (χ1v) is 9.03. The van der Waals surface area contributed by atoms with Crippen molar-refractivity contribution in [2.75, 3.05) is 7.11 Å². The number of carbonyl (C=O) groups is 1. The van der Waals surface area contributed by atoms with Gasteiger partial charge in [0.1, 0.15) is 5.75 Å². The zero-order valence-corrected chi connectivity index (χ0v) is 15.8. The smallest absolute Gasteiger partial charge is 0.220 e. The number of carbonyl (C=O) groups excluding carboxylic acids is 1. The Hall–Kier alpha value is -1.81. The monoisotopic (exact) mass is 389 g/mol. The summed E-state index contributed by atoms with van der Waals surface area (Å²) < 4.78 is 6.29. The Balaban J connectivity index is 1.71. The third kappa shape index (κ3) is 6.36. The lowest BCUT2D eigenvalue weighted by Crippen LogP contribution is -2.33. The van der Waals surface area contributed by atoms with Gasteiger partial charge in [0, 0.05) is 16.9 Å². The van der Waals surface area contributed by atoms with Gasteiger partial charge in [-0.05, 0) is 61.6 Å². The number of amides is 1. The maximum atomic E-state index is 12.1. The molecule has 128 valence electrons. The van der Waals surface area contributed by atoms with Crippen LogP contribution in [0.5, 0.6) is 5.75 Å². The lowest BCUT2D eigenvalue weighted by Gasteiger charge is -2.14. The molecule has 2 rings (SSSR count). The minimum Gasteiger partial charge on any atom is -0.497 e. The molecule has 2 aromatic carbocycles. The van der Waals surface area contributed by atoms with Crippen LogP contribution >= 0.6 is 15.9 Å². The van der Waals surface area contributed by atoms with Gasteiger partial charge in [-0.3, -0.25) is 4.79 Å². The Bertz CT molecular complexity index is 655. The molecule has 0 spiro atoms. The SMILES string of the molecule is COc1cccc(CCC(=O)NC(C)CCc2ccc(Br)cc2)c1. The van der Waals surface area contributed by atoms with Gasteiger partial charge in [-0.25, -0.2) is 0 Å². The van der Waals surface area contributed by atoms with Crippen LogP contribution in [0.2, 0.25) is 0 Å². The number of nitrogens with one attached hydrogen (secondary N) is 1. The second kappa shape index (κ2) is 9.48. The van der Waals surface area contributed by atoms with Crippen LogP contribution in [0.1, 0.15) is 30.9 Å². The Morgan fingerprint density at radius 3 is 2.58 bits per heavy atom. The molecular weight excluding hydrogens is 366 g/mol. The minimum absolute atomic E-state index is 0.0983. The molecule has 0 aliphatic carbocycles. The van der Waals surface area contributed by atoms with E-state index >= 15 is 0 Å². The van der Waals surface area contributed by atoms with Crippen LogP contribution in [0.15, 0.2) is 53.0 Å². The highest BCUT2D eigenvalue weighted by atomic mass is 79.9. The van der Waals surface area contributed by atoms with E-state index in [-0.39, 0.29) is 11.9 Å². The molecule has 3 nitrogen and oxygen atoms in total. The summed E-state index contributed by atoms with van der Waals surface area (Å²) in [5, 5.41) is 3.08. The van der Waals surface area contributed by atoms with Crippen LogP contribution < -0.4 is 10.1 Å². The number of benzene rings is 2. The second-order valence-corrected chi connectivity index (χ2v) is 6.90. The summed E-state index contributed by atoms with van der Waals surface area (Å²) in [6.45, 7) is 2.06. The largest absolute Gasteiger partial charge is 0.497 e. The van der Waals surface area contributed by atoms with E-state index in [1.54, 1.807) is 7.11 Å². The number of halogens is 1. The molecule has 0 bridgehead atoms. The molecule has 0 heterocycles. The first-order valence-electron chi connectivity index (χ1n) is 8.23. The van der Waals surface area contributed by atoms with E-state index in [0.29, 0.717) is 6.42 Å². The van der Waals surface area contributed by atoms with Gasteiger partial charge in [0.25, 0.3) is 0 Å². The van der Waals surface area contributed by atoms with Crippen LogP contribution in [-0.2, 0) is 17.6 Å². The molecule has 0 aliphatic rings. The topological polar surface area (TPSA) is 38.3 Å². The van der Waals surface area contributed by atoms with Gasteiger partial charge in [-0.1, -0.05) is 40.2 Å². The van der Waals surface area contributed by atoms with Gasteiger partial charge < -0.3 is 10.1 Å². The lowest BCUT2D eigenvalue weighted by molar-refractivity contribution is -0.121. The first-order chi connectivity index (χ1) is 11.6. The summed E-state index contributed by atoms with van der Waals surface area (Å²) in [6.07, 6.45) is 3.12. The first kappa shape index (κ1) is 18.5. The highest BCUT2D eigenvalue weighted by Crippen LogP contribution is 2.14. The Kier molecular flexibility index (Phi) is 7.32. The van der Waals surface area contributed by atoms with Crippen molar-refractivity contribution < 1.29 is 9.53 Å². The van der Waals surface area contributed by atoms with E-state index in [2.05, 4.69) is 40.3 Å². The molecule has 0 aromatic heterocycles. The van der Waals surface area contributed by atoms with Gasteiger partial charge in [-0.2, -0.15) is 0 Å². The van der Waals surface area contributed by atoms with Crippen LogP contribution in [0.25, 0.3) is 0 Å². The van der Waals surface area contributed by atoms with Gasteiger partial charge in [-0.15, -0.1) is 0 Å². The highest BCUT2D eigenvalue weighted by Gasteiger charge is 2.08. The average Bonchev–Trinajstić information content (AvgIpc) is 2.59. The van der Waals surface area contributed by atoms with Gasteiger partial charge in [0.05, 0.1) is 7.11 Å². The standard InChI is InChI=1S/C20H24BrNO2/c1-15(6-7-16-8-11-18(21)12-9-16)22-20(23)13-10-17-4-3-5-19(14-17)24-2/h3-5,8-9,11-12,14-15H,6-7,10,13H2,1-2H3,(H,22,23). The molecule has 0 aliphatic heterocycles. The molecule has 0 saturated heterocycles. The summed E-state index contributed by atoms with van der Waals surface area (Å²) >= 11 is 3.44. The summed E-state index contributed by atoms with van der Waals surface area (Å²) in [5.41, 5.74) is 2.41. The highest BCUT2D eigenvalue weighted by molar-refractivity contribution is 9.10. The minimum atomic E-state index is 0.0983. The fourth-order valence-electron chi connectivity index (χ4n) is 2.54. The molecule has 1 N–H and O–H groups in total. The van der Waals surface area contributed by atoms with Crippen molar-refractivity contribution in [2.45, 2.75) is 38.6 Å². The van der Waals surface area contributed by atoms with Gasteiger partial charge in [0.2, 0.25) is 5.91 Å². The number of hydrogen-bond acceptors (Lipinski definition) is 2. The molecule has 0 radical (unpaired) electrons. The fourth-order valence-corrected chi connectivity index (χ4v) is 2.80. The second-order valence-electron chi connectivity index (χ2n) is 5.99. The van der Waals surface area contributed by atoms with E-state index in [0.717, 1.165) is 35.0 Å². The number of hydrogen-bond donors (Lipinski definition) is 1. The Labute approximate surface area is 152 Å². The molecule has 2 aromatic rings. The van der Waals surface area contributed by atoms with Gasteiger partial charge >= 0.3 is 0 Å². The quantitative estimate of drug-likeness (QED) is 0.720. The van der Waals surface area contributed by atoms with E-state index in [1.165, 1.54) is 5.56 Å². The summed E-state index contributed by atoms with van der Waals surface area (Å²) in [6, 6.07) is 16.4. The molecule has 1 amide bonds. The van der Waals surface area contributed by atoms with Crippen LogP contribution in [-0.4, -0.2) is 19.1 Å². The number of rotatable bonds is 8. The lowest BCUT2D eigenvalue weighted by atomic mass is 10.1. The molecular formula is C20H24BrNO2. The van der Waals surface area contributed by atoms with Crippen molar-refractivity contribution in [1.29, 1.82) is 0 Å². The van der Waals surface area contributed by atoms with Crippen molar-refractivity contribution >= 4 is 21.8 Å². The summed E-state index contributed by atoms with van der Waals surface area (Å²) in [5.74, 6) is 0.928. The van der Waals surface area contributed by atoms with E-state index in [4.69, 9.17) is 4.74 Å². The predicted octanol–water partition coefficient (Wildman–Crippen LogP) is 4.53. The number of aryl methyl sites for hydroxylation is 2. The molecule has 0 saturated carbocycles. The molecule has 1 atom stereocenters. The Morgan fingerprint density at radius 1 is 1.12 bits per heavy atom. The zero-order valence-electron chi connectivity index (χ0n) is 14.2. The zero-order chi connectivity index (χ0) is 17.4. The van der Waals surface area contributed by atoms with Crippen LogP contribution in [0.3, 0.4) is 0 Å². The molecule has 4 heteroatoms. The van der Waals surface area contributed by atoms with E-state index in [1.807, 2.05) is 36.4 Å². The van der Waals surface area contributed by atoms with Gasteiger partial charge in [0.15, 0.2) is 0 Å². The normalized spacial score (nSPS) is 11.8. The van der Waals surface area contributed by atoms with Crippen molar-refractivity contribution in [3.8, 4) is 5.75 Å². The summed E-state index contributed by atoms with van der Waals surface area (Å²) in [7, 11) is 1.65. The van der Waals surface area contributed by atoms with Crippen molar-refractivity contribution in [3.05, 3.63) is 64.1 Å². The van der Waals surface area contributed by atoms with Crippen LogP contribution in [0, 0.1) is 0 Å². The van der Waals surface area contributed by atoms with Crippen molar-refractivity contribution in [1.82, 2.24) is 5.32 Å². The predicted molar refractivity (Wildman–Crippen MR) is 101 cm³/mol.